The van der Waals surface area contributed by atoms with Crippen molar-refractivity contribution in [2.75, 3.05) is 23.3 Å². The Hall–Kier alpha value is -1.32. The molecule has 1 N–H and O–H groups in total. The molecule has 0 aliphatic carbocycles. The van der Waals surface area contributed by atoms with Gasteiger partial charge in [0.15, 0.2) is 0 Å². The van der Waals surface area contributed by atoms with Crippen molar-refractivity contribution in [1.29, 1.82) is 0 Å². The van der Waals surface area contributed by atoms with Crippen LogP contribution in [0.5, 0.6) is 0 Å². The maximum atomic E-state index is 4.41. The lowest BCUT2D eigenvalue weighted by Crippen LogP contribution is -2.28. The normalized spacial score (nSPS) is 17.4. The third-order valence-electron chi connectivity index (χ3n) is 3.09. The number of hydrogen-bond donors (Lipinski definition) is 1. The van der Waals surface area contributed by atoms with E-state index in [1.165, 1.54) is 25.7 Å². The van der Waals surface area contributed by atoms with E-state index in [0.717, 1.165) is 24.7 Å². The van der Waals surface area contributed by atoms with Crippen LogP contribution in [0.1, 0.15) is 46.5 Å². The summed E-state index contributed by atoms with van der Waals surface area (Å²) in [6.07, 6.45) is 6.88. The van der Waals surface area contributed by atoms with Gasteiger partial charge in [-0.25, -0.2) is 9.97 Å². The molecule has 0 spiro atoms. The molecule has 1 fully saturated rings. The molecule has 2 heterocycles. The fourth-order valence-corrected chi connectivity index (χ4v) is 2.27. The maximum absolute atomic E-state index is 4.41. The summed E-state index contributed by atoms with van der Waals surface area (Å²) in [6.45, 7) is 8.65. The lowest BCUT2D eigenvalue weighted by Gasteiger charge is -2.24. The van der Waals surface area contributed by atoms with Crippen molar-refractivity contribution in [3.8, 4) is 0 Å². The Balaban J connectivity index is 2.10. The van der Waals surface area contributed by atoms with Crippen LogP contribution in [0.15, 0.2) is 12.4 Å². The minimum atomic E-state index is 0.0322. The largest absolute Gasteiger partial charge is 0.365 e. The summed E-state index contributed by atoms with van der Waals surface area (Å²) in [5, 5.41) is 3.40. The van der Waals surface area contributed by atoms with Crippen molar-refractivity contribution in [1.82, 2.24) is 9.97 Å². The zero-order chi connectivity index (χ0) is 13.0. The molecule has 18 heavy (non-hydrogen) atoms. The summed E-state index contributed by atoms with van der Waals surface area (Å²) >= 11 is 0. The van der Waals surface area contributed by atoms with Crippen LogP contribution in [-0.2, 0) is 0 Å². The van der Waals surface area contributed by atoms with Crippen LogP contribution >= 0.6 is 0 Å². The molecular formula is C14H24N4. The molecule has 0 amide bonds. The molecule has 0 bridgehead atoms. The number of anilines is 2. The molecule has 0 aromatic carbocycles. The minimum absolute atomic E-state index is 0.0322. The second-order valence-electron chi connectivity index (χ2n) is 6.04. The highest BCUT2D eigenvalue weighted by Crippen LogP contribution is 2.20. The van der Waals surface area contributed by atoms with E-state index in [2.05, 4.69) is 47.0 Å². The third kappa shape index (κ3) is 3.86. The molecule has 2 rings (SSSR count). The highest BCUT2D eigenvalue weighted by Gasteiger charge is 2.14. The first-order chi connectivity index (χ1) is 8.54. The average molecular weight is 248 g/mol. The van der Waals surface area contributed by atoms with Crippen LogP contribution in [0.2, 0.25) is 0 Å². The first-order valence-electron chi connectivity index (χ1n) is 6.90. The molecule has 0 saturated carbocycles. The zero-order valence-corrected chi connectivity index (χ0v) is 11.7. The van der Waals surface area contributed by atoms with Gasteiger partial charge in [0.25, 0.3) is 0 Å². The SMILES string of the molecule is CC(C)(C)Nc1cc(N2CCCCCC2)ncn1. The van der Waals surface area contributed by atoms with Gasteiger partial charge in [-0.05, 0) is 33.6 Å². The van der Waals surface area contributed by atoms with Crippen LogP contribution in [0.4, 0.5) is 11.6 Å². The van der Waals surface area contributed by atoms with E-state index >= 15 is 0 Å². The number of hydrogen-bond acceptors (Lipinski definition) is 4. The average Bonchev–Trinajstić information content (AvgIpc) is 2.55. The second-order valence-corrected chi connectivity index (χ2v) is 6.04. The smallest absolute Gasteiger partial charge is 0.134 e. The molecule has 4 heteroatoms. The molecule has 1 saturated heterocycles. The van der Waals surface area contributed by atoms with E-state index in [1.54, 1.807) is 6.33 Å². The van der Waals surface area contributed by atoms with Gasteiger partial charge in [0.1, 0.15) is 18.0 Å². The second kappa shape index (κ2) is 5.55. The summed E-state index contributed by atoms with van der Waals surface area (Å²) in [5.74, 6) is 1.97. The zero-order valence-electron chi connectivity index (χ0n) is 11.7. The number of nitrogens with one attached hydrogen (secondary N) is 1. The van der Waals surface area contributed by atoms with Crippen molar-refractivity contribution in [2.45, 2.75) is 52.0 Å². The highest BCUT2D eigenvalue weighted by molar-refractivity contribution is 5.49. The van der Waals surface area contributed by atoms with Crippen molar-refractivity contribution >= 4 is 11.6 Å². The maximum Gasteiger partial charge on any atom is 0.134 e. The Morgan fingerprint density at radius 1 is 1.06 bits per heavy atom. The van der Waals surface area contributed by atoms with Gasteiger partial charge in [0, 0.05) is 24.7 Å². The van der Waals surface area contributed by atoms with Gasteiger partial charge < -0.3 is 10.2 Å². The Morgan fingerprint density at radius 3 is 2.33 bits per heavy atom. The fourth-order valence-electron chi connectivity index (χ4n) is 2.27. The van der Waals surface area contributed by atoms with Gasteiger partial charge in [-0.15, -0.1) is 0 Å². The molecule has 4 nitrogen and oxygen atoms in total. The van der Waals surface area contributed by atoms with Crippen LogP contribution in [0, 0.1) is 0 Å². The molecule has 1 aromatic rings. The van der Waals surface area contributed by atoms with Gasteiger partial charge in [-0.1, -0.05) is 12.8 Å². The monoisotopic (exact) mass is 248 g/mol. The predicted molar refractivity (Wildman–Crippen MR) is 76.1 cm³/mol. The van der Waals surface area contributed by atoms with Crippen LogP contribution in [-0.4, -0.2) is 28.6 Å². The van der Waals surface area contributed by atoms with Crippen molar-refractivity contribution in [2.24, 2.45) is 0 Å². The third-order valence-corrected chi connectivity index (χ3v) is 3.09. The summed E-state index contributed by atoms with van der Waals surface area (Å²) in [5.41, 5.74) is 0.0322. The lowest BCUT2D eigenvalue weighted by molar-refractivity contribution is 0.629. The van der Waals surface area contributed by atoms with Gasteiger partial charge in [-0.3, -0.25) is 0 Å². The van der Waals surface area contributed by atoms with E-state index in [0.29, 0.717) is 0 Å². The molecule has 0 unspecified atom stereocenters. The molecule has 1 aromatic heterocycles. The van der Waals surface area contributed by atoms with Gasteiger partial charge in [0.2, 0.25) is 0 Å². The Morgan fingerprint density at radius 2 is 1.72 bits per heavy atom. The van der Waals surface area contributed by atoms with Gasteiger partial charge in [0.05, 0.1) is 0 Å². The lowest BCUT2D eigenvalue weighted by atomic mass is 10.1. The first kappa shape index (κ1) is 13.1. The summed E-state index contributed by atoms with van der Waals surface area (Å²) in [6, 6.07) is 2.07. The van der Waals surface area contributed by atoms with Crippen molar-refractivity contribution in [3.63, 3.8) is 0 Å². The number of rotatable bonds is 2. The molecule has 1 aliphatic heterocycles. The Kier molecular flexibility index (Phi) is 4.04. The molecule has 0 radical (unpaired) electrons. The molecule has 1 aliphatic rings. The van der Waals surface area contributed by atoms with Gasteiger partial charge in [-0.2, -0.15) is 0 Å². The molecular weight excluding hydrogens is 224 g/mol. The molecule has 100 valence electrons. The first-order valence-corrected chi connectivity index (χ1v) is 6.90. The van der Waals surface area contributed by atoms with Crippen LogP contribution in [0.25, 0.3) is 0 Å². The summed E-state index contributed by atoms with van der Waals surface area (Å²) in [7, 11) is 0. The standard InChI is InChI=1S/C14H24N4/c1-14(2,3)17-12-10-13(16-11-15-12)18-8-6-4-5-7-9-18/h10-11H,4-9H2,1-3H3,(H,15,16,17). The van der Waals surface area contributed by atoms with Gasteiger partial charge >= 0.3 is 0 Å². The van der Waals surface area contributed by atoms with Crippen LogP contribution < -0.4 is 10.2 Å². The molecule has 0 atom stereocenters. The van der Waals surface area contributed by atoms with E-state index in [1.807, 2.05) is 0 Å². The minimum Gasteiger partial charge on any atom is -0.365 e. The fraction of sp³-hybridized carbons (Fsp3) is 0.714. The van der Waals surface area contributed by atoms with Crippen LogP contribution in [0.3, 0.4) is 0 Å². The Bertz CT molecular complexity index is 376. The topological polar surface area (TPSA) is 41.0 Å². The van der Waals surface area contributed by atoms with Crippen molar-refractivity contribution in [3.05, 3.63) is 12.4 Å². The number of aromatic nitrogens is 2. The van der Waals surface area contributed by atoms with E-state index < -0.39 is 0 Å². The quantitative estimate of drug-likeness (QED) is 0.873. The number of nitrogens with zero attached hydrogens (tertiary/aromatic N) is 3. The predicted octanol–water partition coefficient (Wildman–Crippen LogP) is 3.07. The van der Waals surface area contributed by atoms with E-state index in [4.69, 9.17) is 0 Å². The van der Waals surface area contributed by atoms with E-state index in [-0.39, 0.29) is 5.54 Å². The Labute approximate surface area is 110 Å². The summed E-state index contributed by atoms with van der Waals surface area (Å²) < 4.78 is 0. The van der Waals surface area contributed by atoms with E-state index in [9.17, 15) is 0 Å². The highest BCUT2D eigenvalue weighted by atomic mass is 15.2. The summed E-state index contributed by atoms with van der Waals surface area (Å²) in [4.78, 5) is 11.1. The van der Waals surface area contributed by atoms with Crippen molar-refractivity contribution < 1.29 is 0 Å².